The molecule has 1 spiro atoms. The number of likely N-dealkylation sites (tertiary alicyclic amines) is 1. The summed E-state index contributed by atoms with van der Waals surface area (Å²) in [5, 5.41) is 2.87. The fourth-order valence-corrected chi connectivity index (χ4v) is 5.43. The second kappa shape index (κ2) is 8.85. The van der Waals surface area contributed by atoms with E-state index in [4.69, 9.17) is 11.6 Å². The maximum absolute atomic E-state index is 13.8. The molecule has 2 aliphatic heterocycles. The van der Waals surface area contributed by atoms with E-state index in [1.165, 1.54) is 16.1 Å². The minimum Gasteiger partial charge on any atom is -0.348 e. The molecule has 35 heavy (non-hydrogen) atoms. The average molecular weight is 510 g/mol. The zero-order chi connectivity index (χ0) is 24.9. The molecule has 8 nitrogen and oxygen atoms in total. The van der Waals surface area contributed by atoms with Crippen LogP contribution in [0.15, 0.2) is 18.5 Å². The van der Waals surface area contributed by atoms with E-state index in [-0.39, 0.29) is 47.1 Å². The first-order chi connectivity index (χ1) is 16.7. The van der Waals surface area contributed by atoms with Gasteiger partial charge >= 0.3 is 0 Å². The predicted octanol–water partition coefficient (Wildman–Crippen LogP) is 3.23. The second-order valence-electron chi connectivity index (χ2n) is 9.39. The van der Waals surface area contributed by atoms with Crippen LogP contribution in [0.1, 0.15) is 53.1 Å². The van der Waals surface area contributed by atoms with E-state index in [1.807, 2.05) is 0 Å². The number of nitrogens with one attached hydrogen (secondary N) is 2. The van der Waals surface area contributed by atoms with Gasteiger partial charge in [-0.3, -0.25) is 14.4 Å². The average Bonchev–Trinajstić information content (AvgIpc) is 3.42. The van der Waals surface area contributed by atoms with Crippen LogP contribution in [0.4, 0.5) is 18.9 Å². The first-order valence-corrected chi connectivity index (χ1v) is 11.8. The number of carbonyl (C=O) groups excluding carboxylic acids is 3. The topological polar surface area (TPSA) is 98.4 Å². The Bertz CT molecular complexity index is 1190. The molecule has 3 heterocycles. The molecule has 1 aliphatic carbocycles. The highest BCUT2D eigenvalue weighted by molar-refractivity contribution is 6.34. The van der Waals surface area contributed by atoms with Gasteiger partial charge in [0.1, 0.15) is 11.9 Å². The maximum Gasteiger partial charge on any atom is 0.275 e. The Morgan fingerprint density at radius 3 is 2.51 bits per heavy atom. The van der Waals surface area contributed by atoms with Crippen LogP contribution in [0.2, 0.25) is 5.02 Å². The van der Waals surface area contributed by atoms with Crippen LogP contribution < -0.4 is 10.2 Å². The van der Waals surface area contributed by atoms with Gasteiger partial charge in [-0.25, -0.2) is 18.2 Å². The Hall–Kier alpha value is -3.08. The van der Waals surface area contributed by atoms with Crippen molar-refractivity contribution in [3.8, 4) is 0 Å². The number of H-pyrrole nitrogens is 1. The van der Waals surface area contributed by atoms with Crippen molar-refractivity contribution in [2.45, 2.75) is 44.3 Å². The van der Waals surface area contributed by atoms with Crippen molar-refractivity contribution >= 4 is 35.0 Å². The Balaban J connectivity index is 1.21. The van der Waals surface area contributed by atoms with E-state index < -0.39 is 35.0 Å². The number of amides is 3. The van der Waals surface area contributed by atoms with Gasteiger partial charge in [0.25, 0.3) is 11.8 Å². The molecule has 0 radical (unpaired) electrons. The molecule has 0 unspecified atom stereocenters. The first-order valence-electron chi connectivity index (χ1n) is 11.4. The zero-order valence-electron chi connectivity index (χ0n) is 18.6. The number of aromatic nitrogens is 2. The first kappa shape index (κ1) is 23.7. The molecule has 12 heteroatoms. The van der Waals surface area contributed by atoms with Crippen molar-refractivity contribution in [3.05, 3.63) is 46.5 Å². The van der Waals surface area contributed by atoms with Crippen LogP contribution in [0, 0.1) is 17.0 Å². The number of nitrogens with zero attached hydrogens (tertiary/aromatic N) is 3. The summed E-state index contributed by atoms with van der Waals surface area (Å²) >= 11 is 6.08. The normalized spacial score (nSPS) is 24.7. The van der Waals surface area contributed by atoms with Gasteiger partial charge in [0.05, 0.1) is 35.5 Å². The van der Waals surface area contributed by atoms with Crippen molar-refractivity contribution in [3.63, 3.8) is 0 Å². The molecule has 3 fully saturated rings. The maximum atomic E-state index is 13.8. The highest BCUT2D eigenvalue weighted by Crippen LogP contribution is 2.47. The summed E-state index contributed by atoms with van der Waals surface area (Å²) in [6.45, 7) is 0.313. The van der Waals surface area contributed by atoms with E-state index in [0.717, 1.165) is 12.1 Å². The lowest BCUT2D eigenvalue weighted by atomic mass is 9.71. The SMILES string of the molecule is O=C(N[C@H]1CC[C@@]2(CCN(c3cc(F)c(F)cc3Cl)C2=O)CC1)c1[nH]cnc1C(=O)N1CC(F)C1. The predicted molar refractivity (Wildman–Crippen MR) is 120 cm³/mol. The molecule has 0 bridgehead atoms. The van der Waals surface area contributed by atoms with Gasteiger partial charge in [0.2, 0.25) is 5.91 Å². The van der Waals surface area contributed by atoms with Gasteiger partial charge in [-0.2, -0.15) is 0 Å². The van der Waals surface area contributed by atoms with E-state index in [1.54, 1.807) is 0 Å². The number of anilines is 1. The van der Waals surface area contributed by atoms with Gasteiger partial charge in [-0.1, -0.05) is 11.6 Å². The number of halogens is 4. The molecule has 186 valence electrons. The highest BCUT2D eigenvalue weighted by atomic mass is 35.5. The van der Waals surface area contributed by atoms with Crippen LogP contribution in [0.3, 0.4) is 0 Å². The Morgan fingerprint density at radius 1 is 1.14 bits per heavy atom. The summed E-state index contributed by atoms with van der Waals surface area (Å²) in [6.07, 6.45) is 2.82. The van der Waals surface area contributed by atoms with Gasteiger partial charge in [0.15, 0.2) is 17.3 Å². The number of alkyl halides is 1. The van der Waals surface area contributed by atoms with E-state index in [0.29, 0.717) is 38.6 Å². The van der Waals surface area contributed by atoms with E-state index in [2.05, 4.69) is 15.3 Å². The number of carbonyl (C=O) groups is 3. The lowest BCUT2D eigenvalue weighted by Crippen LogP contribution is -2.52. The Labute approximate surface area is 203 Å². The van der Waals surface area contributed by atoms with Gasteiger partial charge in [-0.15, -0.1) is 0 Å². The number of hydrogen-bond donors (Lipinski definition) is 2. The van der Waals surface area contributed by atoms with Crippen molar-refractivity contribution in [2.75, 3.05) is 24.5 Å². The second-order valence-corrected chi connectivity index (χ2v) is 9.79. The summed E-state index contributed by atoms with van der Waals surface area (Å²) in [6, 6.07) is 1.59. The minimum absolute atomic E-state index is 0.0156. The van der Waals surface area contributed by atoms with Crippen molar-refractivity contribution < 1.29 is 27.6 Å². The van der Waals surface area contributed by atoms with Crippen molar-refractivity contribution in [1.29, 1.82) is 0 Å². The summed E-state index contributed by atoms with van der Waals surface area (Å²) in [5.41, 5.74) is -0.522. The zero-order valence-corrected chi connectivity index (χ0v) is 19.4. The smallest absolute Gasteiger partial charge is 0.275 e. The molecule has 2 N–H and O–H groups in total. The van der Waals surface area contributed by atoms with Crippen LogP contribution in [0.25, 0.3) is 0 Å². The third-order valence-electron chi connectivity index (χ3n) is 7.26. The van der Waals surface area contributed by atoms with Gasteiger partial charge in [-0.05, 0) is 38.2 Å². The molecular formula is C23H23ClF3N5O3. The lowest BCUT2D eigenvalue weighted by Gasteiger charge is -2.36. The van der Waals surface area contributed by atoms with E-state index >= 15 is 0 Å². The summed E-state index contributed by atoms with van der Waals surface area (Å²) in [7, 11) is 0. The number of rotatable bonds is 4. The quantitative estimate of drug-likeness (QED) is 0.618. The summed E-state index contributed by atoms with van der Waals surface area (Å²) in [5.74, 6) is -3.32. The molecule has 0 atom stereocenters. The molecule has 1 aromatic heterocycles. The molecule has 3 amide bonds. The molecule has 1 saturated carbocycles. The van der Waals surface area contributed by atoms with E-state index in [9.17, 15) is 27.6 Å². The third-order valence-corrected chi connectivity index (χ3v) is 7.57. The highest BCUT2D eigenvalue weighted by Gasteiger charge is 2.49. The molecule has 2 saturated heterocycles. The Morgan fingerprint density at radius 2 is 1.83 bits per heavy atom. The van der Waals surface area contributed by atoms with Gasteiger partial charge < -0.3 is 20.1 Å². The van der Waals surface area contributed by atoms with Crippen LogP contribution in [0.5, 0.6) is 0 Å². The lowest BCUT2D eigenvalue weighted by molar-refractivity contribution is -0.127. The standard InChI is InChI=1S/C23H23ClF3N5O3/c24-14-7-15(26)16(27)8-17(14)32-6-5-23(22(32)35)3-1-13(2-4-23)30-20(33)18-19(29-11-28-18)21(34)31-9-12(25)10-31/h7-8,11-13H,1-6,9-10H2,(H,28,29)(H,30,33)/t13-,23-. The van der Waals surface area contributed by atoms with Crippen LogP contribution in [-0.4, -0.2) is 64.4 Å². The number of aromatic amines is 1. The van der Waals surface area contributed by atoms with Crippen LogP contribution in [-0.2, 0) is 4.79 Å². The molecular weight excluding hydrogens is 487 g/mol. The summed E-state index contributed by atoms with van der Waals surface area (Å²) in [4.78, 5) is 47.9. The Kier molecular flexibility index (Phi) is 5.98. The monoisotopic (exact) mass is 509 g/mol. The molecule has 5 rings (SSSR count). The third kappa shape index (κ3) is 4.15. The minimum atomic E-state index is -1.07. The molecule has 2 aromatic rings. The van der Waals surface area contributed by atoms with Crippen molar-refractivity contribution in [2.24, 2.45) is 5.41 Å². The van der Waals surface area contributed by atoms with Gasteiger partial charge in [0, 0.05) is 18.7 Å². The number of benzene rings is 1. The summed E-state index contributed by atoms with van der Waals surface area (Å²) < 4.78 is 40.3. The largest absolute Gasteiger partial charge is 0.348 e. The number of hydrogen-bond acceptors (Lipinski definition) is 4. The van der Waals surface area contributed by atoms with Crippen molar-refractivity contribution in [1.82, 2.24) is 20.2 Å². The fraction of sp³-hybridized carbons (Fsp3) is 0.478. The van der Waals surface area contributed by atoms with Crippen LogP contribution >= 0.6 is 11.6 Å². The molecule has 3 aliphatic rings. The molecule has 1 aromatic carbocycles. The number of imidazole rings is 1. The fourth-order valence-electron chi connectivity index (χ4n) is 5.18.